The summed E-state index contributed by atoms with van der Waals surface area (Å²) < 4.78 is 0. The molecule has 114 valence electrons. The monoisotopic (exact) mass is 285 g/mol. The molecule has 0 saturated carbocycles. The van der Waals surface area contributed by atoms with Gasteiger partial charge in [-0.05, 0) is 38.4 Å². The summed E-state index contributed by atoms with van der Waals surface area (Å²) in [4.78, 5) is 7.31. The van der Waals surface area contributed by atoms with Crippen LogP contribution in [0.2, 0.25) is 0 Å². The smallest absolute Gasteiger partial charge is 0.133 e. The van der Waals surface area contributed by atoms with Gasteiger partial charge in [0.2, 0.25) is 0 Å². The summed E-state index contributed by atoms with van der Waals surface area (Å²) in [6.45, 7) is 10.6. The van der Waals surface area contributed by atoms with E-state index in [9.17, 15) is 0 Å². The number of para-hydroxylation sites is 1. The molecule has 0 saturated heterocycles. The van der Waals surface area contributed by atoms with E-state index in [0.29, 0.717) is 0 Å². The van der Waals surface area contributed by atoms with Crippen molar-refractivity contribution < 1.29 is 0 Å². The summed E-state index contributed by atoms with van der Waals surface area (Å²) in [5.41, 5.74) is 2.39. The summed E-state index contributed by atoms with van der Waals surface area (Å²) >= 11 is 0. The normalized spacial score (nSPS) is 11.0. The first-order valence-electron chi connectivity index (χ1n) is 8.14. The van der Waals surface area contributed by atoms with E-state index in [1.807, 2.05) is 0 Å². The molecule has 0 bridgehead atoms. The van der Waals surface area contributed by atoms with E-state index in [-0.39, 0.29) is 0 Å². The molecule has 0 amide bonds. The van der Waals surface area contributed by atoms with Crippen molar-refractivity contribution in [3.63, 3.8) is 0 Å². The third-order valence-corrected chi connectivity index (χ3v) is 3.70. The number of nitrogens with zero attached hydrogens (tertiary/aromatic N) is 2. The lowest BCUT2D eigenvalue weighted by Gasteiger charge is -2.24. The fourth-order valence-corrected chi connectivity index (χ4v) is 2.64. The number of aromatic nitrogens is 1. The Morgan fingerprint density at radius 3 is 2.62 bits per heavy atom. The van der Waals surface area contributed by atoms with E-state index in [1.165, 1.54) is 10.9 Å². The van der Waals surface area contributed by atoms with Crippen LogP contribution in [0.25, 0.3) is 10.9 Å². The molecule has 1 aromatic carbocycles. The predicted octanol–water partition coefficient (Wildman–Crippen LogP) is 3.97. The van der Waals surface area contributed by atoms with Crippen molar-refractivity contribution in [1.82, 2.24) is 10.3 Å². The van der Waals surface area contributed by atoms with Gasteiger partial charge in [-0.25, -0.2) is 4.98 Å². The molecule has 0 atom stereocenters. The molecule has 0 aliphatic heterocycles. The summed E-state index contributed by atoms with van der Waals surface area (Å²) in [7, 11) is 0. The first-order chi connectivity index (χ1) is 10.3. The van der Waals surface area contributed by atoms with Crippen molar-refractivity contribution in [2.24, 2.45) is 0 Å². The van der Waals surface area contributed by atoms with Crippen LogP contribution in [-0.2, 0) is 6.54 Å². The number of anilines is 1. The molecule has 1 heterocycles. The van der Waals surface area contributed by atoms with Gasteiger partial charge in [-0.2, -0.15) is 0 Å². The highest BCUT2D eigenvalue weighted by atomic mass is 15.2. The molecule has 0 aliphatic carbocycles. The second-order valence-corrected chi connectivity index (χ2v) is 5.42. The number of rotatable bonds is 8. The topological polar surface area (TPSA) is 28.2 Å². The van der Waals surface area contributed by atoms with Crippen molar-refractivity contribution in [3.05, 3.63) is 35.9 Å². The molecule has 3 nitrogen and oxygen atoms in total. The van der Waals surface area contributed by atoms with Gasteiger partial charge in [0.1, 0.15) is 5.82 Å². The molecule has 21 heavy (non-hydrogen) atoms. The van der Waals surface area contributed by atoms with Crippen LogP contribution in [0, 0.1) is 0 Å². The molecule has 0 radical (unpaired) electrons. The maximum Gasteiger partial charge on any atom is 0.133 e. The number of benzene rings is 1. The van der Waals surface area contributed by atoms with Gasteiger partial charge in [0.25, 0.3) is 0 Å². The highest BCUT2D eigenvalue weighted by molar-refractivity contribution is 5.81. The molecule has 3 heteroatoms. The molecule has 0 aliphatic rings. The van der Waals surface area contributed by atoms with Crippen LogP contribution in [0.3, 0.4) is 0 Å². The fourth-order valence-electron chi connectivity index (χ4n) is 2.64. The molecular weight excluding hydrogens is 258 g/mol. The Kier molecular flexibility index (Phi) is 6.00. The largest absolute Gasteiger partial charge is 0.357 e. The second-order valence-electron chi connectivity index (χ2n) is 5.42. The van der Waals surface area contributed by atoms with E-state index in [0.717, 1.165) is 50.4 Å². The minimum atomic E-state index is 0.890. The van der Waals surface area contributed by atoms with Crippen LogP contribution in [0.4, 0.5) is 5.82 Å². The fraction of sp³-hybridized carbons (Fsp3) is 0.500. The second kappa shape index (κ2) is 7.99. The SMILES string of the molecule is CCCNCc1cc2ccccc2nc1N(CC)CCC. The van der Waals surface area contributed by atoms with Crippen molar-refractivity contribution in [3.8, 4) is 0 Å². The van der Waals surface area contributed by atoms with E-state index >= 15 is 0 Å². The molecular formula is C18H27N3. The van der Waals surface area contributed by atoms with Crippen LogP contribution < -0.4 is 10.2 Å². The van der Waals surface area contributed by atoms with Crippen molar-refractivity contribution in [2.75, 3.05) is 24.5 Å². The molecule has 1 N–H and O–H groups in total. The Morgan fingerprint density at radius 2 is 1.90 bits per heavy atom. The standard InChI is InChI=1S/C18H27N3/c1-4-11-19-14-16-13-15-9-7-8-10-17(15)20-18(16)21(6-3)12-5-2/h7-10,13,19H,4-6,11-12,14H2,1-3H3. The first-order valence-corrected chi connectivity index (χ1v) is 8.14. The lowest BCUT2D eigenvalue weighted by Crippen LogP contribution is -2.27. The van der Waals surface area contributed by atoms with Gasteiger partial charge in [-0.1, -0.05) is 32.0 Å². The molecule has 1 aromatic heterocycles. The lowest BCUT2D eigenvalue weighted by molar-refractivity contribution is 0.669. The third-order valence-electron chi connectivity index (χ3n) is 3.70. The average molecular weight is 285 g/mol. The summed E-state index contributed by atoms with van der Waals surface area (Å²) in [6.07, 6.45) is 2.30. The summed E-state index contributed by atoms with van der Waals surface area (Å²) in [6, 6.07) is 10.7. The number of fused-ring (bicyclic) bond motifs is 1. The number of nitrogens with one attached hydrogen (secondary N) is 1. The maximum atomic E-state index is 4.93. The zero-order chi connectivity index (χ0) is 15.1. The van der Waals surface area contributed by atoms with E-state index in [2.05, 4.69) is 61.3 Å². The lowest BCUT2D eigenvalue weighted by atomic mass is 10.1. The summed E-state index contributed by atoms with van der Waals surface area (Å²) in [5, 5.41) is 4.74. The highest BCUT2D eigenvalue weighted by Crippen LogP contribution is 2.24. The Morgan fingerprint density at radius 1 is 1.10 bits per heavy atom. The van der Waals surface area contributed by atoms with Gasteiger partial charge in [-0.3, -0.25) is 0 Å². The predicted molar refractivity (Wildman–Crippen MR) is 91.9 cm³/mol. The quantitative estimate of drug-likeness (QED) is 0.744. The van der Waals surface area contributed by atoms with Gasteiger partial charge in [-0.15, -0.1) is 0 Å². The Balaban J connectivity index is 2.39. The van der Waals surface area contributed by atoms with Gasteiger partial charge >= 0.3 is 0 Å². The average Bonchev–Trinajstić information content (AvgIpc) is 2.52. The third kappa shape index (κ3) is 3.94. The van der Waals surface area contributed by atoms with E-state index in [4.69, 9.17) is 4.98 Å². The zero-order valence-electron chi connectivity index (χ0n) is 13.5. The van der Waals surface area contributed by atoms with Gasteiger partial charge in [0.15, 0.2) is 0 Å². The molecule has 0 unspecified atom stereocenters. The van der Waals surface area contributed by atoms with Crippen LogP contribution in [0.15, 0.2) is 30.3 Å². The highest BCUT2D eigenvalue weighted by Gasteiger charge is 2.12. The number of hydrogen-bond donors (Lipinski definition) is 1. The van der Waals surface area contributed by atoms with Crippen molar-refractivity contribution in [2.45, 2.75) is 40.2 Å². The van der Waals surface area contributed by atoms with Gasteiger partial charge in [0.05, 0.1) is 5.52 Å². The van der Waals surface area contributed by atoms with E-state index in [1.54, 1.807) is 0 Å². The molecule has 2 rings (SSSR count). The summed E-state index contributed by atoms with van der Waals surface area (Å²) in [5.74, 6) is 1.14. The minimum absolute atomic E-state index is 0.890. The Bertz CT molecular complexity index is 565. The Hall–Kier alpha value is -1.61. The molecule has 2 aromatic rings. The Labute approximate surface area is 128 Å². The van der Waals surface area contributed by atoms with Crippen LogP contribution >= 0.6 is 0 Å². The van der Waals surface area contributed by atoms with Gasteiger partial charge < -0.3 is 10.2 Å². The zero-order valence-corrected chi connectivity index (χ0v) is 13.5. The minimum Gasteiger partial charge on any atom is -0.357 e. The van der Waals surface area contributed by atoms with Crippen molar-refractivity contribution >= 4 is 16.7 Å². The molecule has 0 spiro atoms. The first kappa shape index (κ1) is 15.8. The number of pyridine rings is 1. The molecule has 0 fully saturated rings. The van der Waals surface area contributed by atoms with Crippen LogP contribution in [-0.4, -0.2) is 24.6 Å². The maximum absolute atomic E-state index is 4.93. The van der Waals surface area contributed by atoms with Crippen LogP contribution in [0.1, 0.15) is 39.2 Å². The van der Waals surface area contributed by atoms with Crippen LogP contribution in [0.5, 0.6) is 0 Å². The number of hydrogen-bond acceptors (Lipinski definition) is 3. The van der Waals surface area contributed by atoms with Crippen molar-refractivity contribution in [1.29, 1.82) is 0 Å². The van der Waals surface area contributed by atoms with Gasteiger partial charge in [0, 0.05) is 30.6 Å². The van der Waals surface area contributed by atoms with E-state index < -0.39 is 0 Å².